The second-order valence-electron chi connectivity index (χ2n) is 17.2. The van der Waals surface area contributed by atoms with Crippen molar-refractivity contribution >= 4 is 65.4 Å². The van der Waals surface area contributed by atoms with Crippen LogP contribution in [-0.4, -0.2) is 43.6 Å². The summed E-state index contributed by atoms with van der Waals surface area (Å²) in [6.07, 6.45) is 0. The first-order valence-electron chi connectivity index (χ1n) is 23.0. The highest BCUT2D eigenvalue weighted by molar-refractivity contribution is 6.19. The van der Waals surface area contributed by atoms with E-state index in [0.29, 0.717) is 35.2 Å². The van der Waals surface area contributed by atoms with E-state index in [0.717, 1.165) is 82.6 Å². The van der Waals surface area contributed by atoms with Crippen LogP contribution in [0.4, 0.5) is 0 Å². The van der Waals surface area contributed by atoms with Gasteiger partial charge in [-0.15, -0.1) is 0 Å². The molecule has 0 radical (unpaired) electrons. The Hall–Kier alpha value is -9.60. The van der Waals surface area contributed by atoms with Crippen molar-refractivity contribution in [3.05, 3.63) is 224 Å². The summed E-state index contributed by atoms with van der Waals surface area (Å²) >= 11 is 0. The first-order chi connectivity index (χ1) is 34.2. The molecule has 69 heavy (non-hydrogen) atoms. The van der Waals surface area contributed by atoms with Crippen LogP contribution in [0.2, 0.25) is 0 Å². The van der Waals surface area contributed by atoms with Crippen molar-refractivity contribution in [1.29, 1.82) is 0 Å². The Bertz CT molecular complexity index is 4120. The molecular weight excluding hydrogens is 847 g/mol. The maximum atomic E-state index is 5.34. The molecule has 0 N–H and O–H groups in total. The van der Waals surface area contributed by atoms with Crippen LogP contribution in [-0.2, 0) is 0 Å². The van der Waals surface area contributed by atoms with Gasteiger partial charge in [-0.2, -0.15) is 19.9 Å². The van der Waals surface area contributed by atoms with E-state index in [1.807, 2.05) is 121 Å². The van der Waals surface area contributed by atoms with Gasteiger partial charge in [0, 0.05) is 60.3 Å². The molecule has 0 saturated heterocycles. The fourth-order valence-electron chi connectivity index (χ4n) is 10.0. The van der Waals surface area contributed by atoms with Crippen molar-refractivity contribution in [3.8, 4) is 63.1 Å². The number of benzene rings is 9. The summed E-state index contributed by atoms with van der Waals surface area (Å²) in [6.45, 7) is 0. The Balaban J connectivity index is 1.10. The highest BCUT2D eigenvalue weighted by atomic mass is 15.2. The third-order valence-electron chi connectivity index (χ3n) is 13.2. The van der Waals surface area contributed by atoms with Crippen LogP contribution >= 0.6 is 0 Å². The van der Waals surface area contributed by atoms with Crippen molar-refractivity contribution in [2.24, 2.45) is 0 Å². The van der Waals surface area contributed by atoms with Crippen LogP contribution in [0.15, 0.2) is 224 Å². The lowest BCUT2D eigenvalue weighted by Crippen LogP contribution is -2.07. The van der Waals surface area contributed by atoms with E-state index in [9.17, 15) is 0 Å². The second kappa shape index (κ2) is 15.5. The minimum Gasteiger partial charge on any atom is -0.309 e. The van der Waals surface area contributed by atoms with Crippen LogP contribution < -0.4 is 0 Å². The van der Waals surface area contributed by atoms with Crippen molar-refractivity contribution in [2.45, 2.75) is 0 Å². The third-order valence-corrected chi connectivity index (χ3v) is 13.2. The Morgan fingerprint density at radius 3 is 0.928 bits per heavy atom. The molecule has 0 amide bonds. The van der Waals surface area contributed by atoms with Crippen LogP contribution in [0.3, 0.4) is 0 Å². The Labute approximate surface area is 394 Å². The summed E-state index contributed by atoms with van der Waals surface area (Å²) in [5.74, 6) is 3.41. The van der Waals surface area contributed by atoms with Crippen LogP contribution in [0.25, 0.3) is 129 Å². The second-order valence-corrected chi connectivity index (χ2v) is 17.2. The Kier molecular flexibility index (Phi) is 8.68. The van der Waals surface area contributed by atoms with Gasteiger partial charge in [0.2, 0.25) is 11.9 Å². The van der Waals surface area contributed by atoms with Gasteiger partial charge in [0.1, 0.15) is 0 Å². The molecule has 9 nitrogen and oxygen atoms in total. The van der Waals surface area contributed by atoms with Crippen molar-refractivity contribution in [2.75, 3.05) is 0 Å². The molecule has 322 valence electrons. The predicted molar refractivity (Wildman–Crippen MR) is 278 cm³/mol. The molecule has 14 aromatic rings. The smallest absolute Gasteiger partial charge is 0.238 e. The van der Waals surface area contributed by atoms with Crippen LogP contribution in [0.5, 0.6) is 0 Å². The predicted octanol–water partition coefficient (Wildman–Crippen LogP) is 14.0. The zero-order valence-corrected chi connectivity index (χ0v) is 36.9. The van der Waals surface area contributed by atoms with Gasteiger partial charge in [-0.25, -0.2) is 9.97 Å². The molecule has 5 aromatic heterocycles. The topological polar surface area (TPSA) is 92.1 Å². The summed E-state index contributed by atoms with van der Waals surface area (Å²) in [5, 5.41) is 6.57. The van der Waals surface area contributed by atoms with Gasteiger partial charge in [-0.3, -0.25) is 9.13 Å². The fourth-order valence-corrected chi connectivity index (χ4v) is 10.0. The van der Waals surface area contributed by atoms with Gasteiger partial charge < -0.3 is 4.57 Å². The maximum Gasteiger partial charge on any atom is 0.238 e. The zero-order chi connectivity index (χ0) is 45.4. The molecule has 0 aliphatic heterocycles. The van der Waals surface area contributed by atoms with Crippen molar-refractivity contribution < 1.29 is 0 Å². The lowest BCUT2D eigenvalue weighted by Gasteiger charge is -2.12. The van der Waals surface area contributed by atoms with Crippen LogP contribution in [0.1, 0.15) is 0 Å². The number of nitrogens with zero attached hydrogens (tertiary/aromatic N) is 9. The van der Waals surface area contributed by atoms with E-state index in [1.165, 1.54) is 10.8 Å². The van der Waals surface area contributed by atoms with Gasteiger partial charge in [0.05, 0.1) is 33.1 Å². The summed E-state index contributed by atoms with van der Waals surface area (Å²) < 4.78 is 6.76. The van der Waals surface area contributed by atoms with E-state index < -0.39 is 0 Å². The number of para-hydroxylation sites is 3. The highest BCUT2D eigenvalue weighted by Gasteiger charge is 2.24. The zero-order valence-electron chi connectivity index (χ0n) is 36.9. The van der Waals surface area contributed by atoms with Crippen molar-refractivity contribution in [1.82, 2.24) is 43.6 Å². The first kappa shape index (κ1) is 38.6. The molecule has 0 aliphatic carbocycles. The molecule has 0 aliphatic rings. The number of rotatable bonds is 7. The Morgan fingerprint density at radius 2 is 0.522 bits per heavy atom. The molecule has 0 bridgehead atoms. The van der Waals surface area contributed by atoms with Gasteiger partial charge in [-0.1, -0.05) is 182 Å². The van der Waals surface area contributed by atoms with E-state index in [2.05, 4.69) is 117 Å². The molecule has 5 heterocycles. The number of hydrogen-bond donors (Lipinski definition) is 0. The number of fused-ring (bicyclic) bond motifs is 9. The summed E-state index contributed by atoms with van der Waals surface area (Å²) in [5.41, 5.74) is 10.8. The molecule has 0 fully saturated rings. The minimum absolute atomic E-state index is 0.516. The van der Waals surface area contributed by atoms with E-state index in [1.54, 1.807) is 0 Å². The van der Waals surface area contributed by atoms with Gasteiger partial charge in [-0.05, 0) is 42.5 Å². The molecule has 14 rings (SSSR count). The summed E-state index contributed by atoms with van der Waals surface area (Å²) in [7, 11) is 0. The average molecular weight is 884 g/mol. The number of hydrogen-bond acceptors (Lipinski definition) is 6. The lowest BCUT2D eigenvalue weighted by atomic mass is 10.1. The first-order valence-corrected chi connectivity index (χ1v) is 23.0. The minimum atomic E-state index is 0.516. The molecule has 9 aromatic carbocycles. The van der Waals surface area contributed by atoms with Gasteiger partial charge in [0.25, 0.3) is 0 Å². The molecule has 0 saturated carbocycles. The molecule has 9 heteroatoms. The third kappa shape index (κ3) is 6.25. The largest absolute Gasteiger partial charge is 0.309 e. The van der Waals surface area contributed by atoms with Crippen LogP contribution in [0, 0.1) is 0 Å². The summed E-state index contributed by atoms with van der Waals surface area (Å²) in [4.78, 5) is 31.3. The van der Waals surface area contributed by atoms with Gasteiger partial charge >= 0.3 is 0 Å². The molecular formula is C60H37N9. The molecule has 0 atom stereocenters. The maximum absolute atomic E-state index is 5.34. The fraction of sp³-hybridized carbons (Fsp3) is 0. The normalized spacial score (nSPS) is 11.8. The SMILES string of the molecule is c1ccc(-c2nc(-c3ccccc3)nc(-n3c4ccccc4c4cc5c(cc43)c3ccc(-n4c6ccccc6c6ccccc64)cc3n5-c3nc(-c4ccccc4)nc(-c4ccccc4)n3)n2)cc1. The van der Waals surface area contributed by atoms with E-state index in [4.69, 9.17) is 29.9 Å². The van der Waals surface area contributed by atoms with E-state index >= 15 is 0 Å². The van der Waals surface area contributed by atoms with Gasteiger partial charge in [0.15, 0.2) is 23.3 Å². The highest BCUT2D eigenvalue weighted by Crippen LogP contribution is 2.41. The Morgan fingerprint density at radius 1 is 0.217 bits per heavy atom. The molecule has 0 unspecified atom stereocenters. The molecule has 0 spiro atoms. The van der Waals surface area contributed by atoms with Crippen molar-refractivity contribution in [3.63, 3.8) is 0 Å². The quantitative estimate of drug-likeness (QED) is 0.158. The number of aromatic nitrogens is 9. The monoisotopic (exact) mass is 883 g/mol. The standard InChI is InChI=1S/C60H37N9/c1-5-19-38(20-6-1)55-61-56(39-21-7-2-8-22-39)64-59(63-55)68-51-32-18-15-29-45(51)47-36-54-48(37-53(47)68)46-34-33-42(67-49-30-16-13-27-43(49)44-28-14-17-31-50(44)67)35-52(46)69(54)60-65-57(40-23-9-3-10-24-40)62-58(66-60)41-25-11-4-12-26-41/h1-37H. The summed E-state index contributed by atoms with van der Waals surface area (Å²) in [6, 6.07) is 77.6. The van der Waals surface area contributed by atoms with E-state index in [-0.39, 0.29) is 0 Å². The lowest BCUT2D eigenvalue weighted by molar-refractivity contribution is 0.951. The average Bonchev–Trinajstić information content (AvgIpc) is 4.06.